The quantitative estimate of drug-likeness (QED) is 0.801. The molecule has 0 atom stereocenters. The van der Waals surface area contributed by atoms with Crippen LogP contribution in [-0.2, 0) is 17.8 Å². The van der Waals surface area contributed by atoms with Crippen molar-refractivity contribution in [3.8, 4) is 0 Å². The van der Waals surface area contributed by atoms with Gasteiger partial charge in [0.2, 0.25) is 0 Å². The number of nitrogens with zero attached hydrogens (tertiary/aromatic N) is 3. The fraction of sp³-hybridized carbons (Fsp3) is 0.700. The van der Waals surface area contributed by atoms with E-state index in [-0.39, 0.29) is 18.2 Å². The molecule has 0 spiro atoms. The van der Waals surface area contributed by atoms with Crippen LogP contribution in [0, 0.1) is 5.92 Å². The molecule has 4 nitrogen and oxygen atoms in total. The van der Waals surface area contributed by atoms with Crippen LogP contribution in [0.3, 0.4) is 0 Å². The van der Waals surface area contributed by atoms with E-state index in [0.717, 1.165) is 0 Å². The van der Waals surface area contributed by atoms with Crippen LogP contribution in [0.2, 0.25) is 0 Å². The SMILES string of the molecule is CC(C)Cn1ncnc1CC(=O)CC(F)(F)F. The molecular formula is C10H14F3N3O. The summed E-state index contributed by atoms with van der Waals surface area (Å²) in [5.41, 5.74) is 0. The molecule has 0 aromatic carbocycles. The lowest BCUT2D eigenvalue weighted by atomic mass is 10.2. The fourth-order valence-electron chi connectivity index (χ4n) is 1.39. The molecule has 0 aliphatic heterocycles. The van der Waals surface area contributed by atoms with Crippen LogP contribution in [-0.4, -0.2) is 26.7 Å². The van der Waals surface area contributed by atoms with Crippen molar-refractivity contribution in [2.24, 2.45) is 5.92 Å². The summed E-state index contributed by atoms with van der Waals surface area (Å²) in [6.07, 6.45) is -4.95. The van der Waals surface area contributed by atoms with Gasteiger partial charge in [0.25, 0.3) is 0 Å². The molecule has 0 aliphatic rings. The molecule has 0 saturated carbocycles. The van der Waals surface area contributed by atoms with Gasteiger partial charge < -0.3 is 0 Å². The molecule has 0 radical (unpaired) electrons. The van der Waals surface area contributed by atoms with Crippen molar-refractivity contribution < 1.29 is 18.0 Å². The standard InChI is InChI=1S/C10H14F3N3O/c1-7(2)5-16-9(14-6-15-16)3-8(17)4-10(11,12)13/h6-7H,3-5H2,1-2H3. The number of carbonyl (C=O) groups is 1. The third-order valence-electron chi connectivity index (χ3n) is 1.99. The Hall–Kier alpha value is -1.40. The monoisotopic (exact) mass is 249 g/mol. The van der Waals surface area contributed by atoms with Crippen LogP contribution in [0.25, 0.3) is 0 Å². The smallest absolute Gasteiger partial charge is 0.299 e. The van der Waals surface area contributed by atoms with E-state index in [1.807, 2.05) is 13.8 Å². The summed E-state index contributed by atoms with van der Waals surface area (Å²) in [6, 6.07) is 0. The van der Waals surface area contributed by atoms with Crippen LogP contribution in [0.15, 0.2) is 6.33 Å². The van der Waals surface area contributed by atoms with Gasteiger partial charge >= 0.3 is 6.18 Å². The van der Waals surface area contributed by atoms with Crippen molar-refractivity contribution in [1.29, 1.82) is 0 Å². The summed E-state index contributed by atoms with van der Waals surface area (Å²) < 4.78 is 37.4. The van der Waals surface area contributed by atoms with E-state index in [1.165, 1.54) is 11.0 Å². The molecule has 0 bridgehead atoms. The predicted molar refractivity (Wildman–Crippen MR) is 54.2 cm³/mol. The van der Waals surface area contributed by atoms with E-state index in [1.54, 1.807) is 0 Å². The summed E-state index contributed by atoms with van der Waals surface area (Å²) in [5, 5.41) is 3.88. The summed E-state index contributed by atoms with van der Waals surface area (Å²) in [6.45, 7) is 4.43. The maximum atomic E-state index is 12.0. The second kappa shape index (κ2) is 5.29. The lowest BCUT2D eigenvalue weighted by Crippen LogP contribution is -2.19. The van der Waals surface area contributed by atoms with Crippen molar-refractivity contribution in [3.63, 3.8) is 0 Å². The largest absolute Gasteiger partial charge is 0.395 e. The fourth-order valence-corrected chi connectivity index (χ4v) is 1.39. The van der Waals surface area contributed by atoms with Crippen LogP contribution < -0.4 is 0 Å². The number of ketones is 1. The third kappa shape index (κ3) is 4.97. The van der Waals surface area contributed by atoms with Crippen LogP contribution in [0.4, 0.5) is 13.2 Å². The Bertz CT molecular complexity index is 384. The molecule has 17 heavy (non-hydrogen) atoms. The number of halogens is 3. The summed E-state index contributed by atoms with van der Waals surface area (Å²) in [4.78, 5) is 15.0. The highest BCUT2D eigenvalue weighted by Gasteiger charge is 2.31. The van der Waals surface area contributed by atoms with Crippen molar-refractivity contribution in [2.75, 3.05) is 0 Å². The van der Waals surface area contributed by atoms with Crippen molar-refractivity contribution in [3.05, 3.63) is 12.2 Å². The average Bonchev–Trinajstić information content (AvgIpc) is 2.47. The highest BCUT2D eigenvalue weighted by Crippen LogP contribution is 2.20. The van der Waals surface area contributed by atoms with Crippen molar-refractivity contribution in [2.45, 2.75) is 39.4 Å². The van der Waals surface area contributed by atoms with Crippen LogP contribution in [0.1, 0.15) is 26.1 Å². The molecule has 7 heteroatoms. The van der Waals surface area contributed by atoms with Gasteiger partial charge in [-0.25, -0.2) is 9.67 Å². The van der Waals surface area contributed by atoms with Gasteiger partial charge in [-0.1, -0.05) is 13.8 Å². The van der Waals surface area contributed by atoms with Gasteiger partial charge in [0.1, 0.15) is 24.4 Å². The summed E-state index contributed by atoms with van der Waals surface area (Å²) in [7, 11) is 0. The average molecular weight is 249 g/mol. The van der Waals surface area contributed by atoms with Crippen LogP contribution >= 0.6 is 0 Å². The first kappa shape index (κ1) is 13.7. The molecule has 96 valence electrons. The first-order valence-electron chi connectivity index (χ1n) is 5.23. The Morgan fingerprint density at radius 2 is 2.12 bits per heavy atom. The van der Waals surface area contributed by atoms with Gasteiger partial charge in [0.05, 0.1) is 6.42 Å². The van der Waals surface area contributed by atoms with Gasteiger partial charge in [-0.2, -0.15) is 18.3 Å². The van der Waals surface area contributed by atoms with E-state index in [2.05, 4.69) is 10.1 Å². The minimum Gasteiger partial charge on any atom is -0.299 e. The zero-order valence-corrected chi connectivity index (χ0v) is 9.66. The first-order valence-corrected chi connectivity index (χ1v) is 5.23. The maximum Gasteiger partial charge on any atom is 0.395 e. The number of alkyl halides is 3. The first-order chi connectivity index (χ1) is 7.78. The number of Topliss-reactive ketones (excluding diaryl/α,β-unsaturated/α-hetero) is 1. The van der Waals surface area contributed by atoms with Crippen molar-refractivity contribution in [1.82, 2.24) is 14.8 Å². The van der Waals surface area contributed by atoms with Gasteiger partial charge in [-0.05, 0) is 5.92 Å². The molecular weight excluding hydrogens is 235 g/mol. The normalized spacial score (nSPS) is 12.1. The maximum absolute atomic E-state index is 12.0. The summed E-state index contributed by atoms with van der Waals surface area (Å²) in [5.74, 6) is -0.323. The van der Waals surface area contributed by atoms with Gasteiger partial charge in [-0.3, -0.25) is 4.79 Å². The number of carbonyl (C=O) groups excluding carboxylic acids is 1. The number of rotatable bonds is 5. The Balaban J connectivity index is 2.62. The number of hydrogen-bond donors (Lipinski definition) is 0. The molecule has 0 unspecified atom stereocenters. The van der Waals surface area contributed by atoms with Crippen molar-refractivity contribution >= 4 is 5.78 Å². The molecule has 1 aromatic rings. The van der Waals surface area contributed by atoms with Gasteiger partial charge in [-0.15, -0.1) is 0 Å². The zero-order chi connectivity index (χ0) is 13.1. The Kier molecular flexibility index (Phi) is 4.25. The molecule has 0 aliphatic carbocycles. The molecule has 1 heterocycles. The lowest BCUT2D eigenvalue weighted by Gasteiger charge is -2.08. The minimum absolute atomic E-state index is 0.285. The number of aromatic nitrogens is 3. The summed E-state index contributed by atoms with van der Waals surface area (Å²) >= 11 is 0. The topological polar surface area (TPSA) is 47.8 Å². The van der Waals surface area contributed by atoms with Crippen LogP contribution in [0.5, 0.6) is 0 Å². The third-order valence-corrected chi connectivity index (χ3v) is 1.99. The van der Waals surface area contributed by atoms with E-state index >= 15 is 0 Å². The van der Waals surface area contributed by atoms with E-state index in [4.69, 9.17) is 0 Å². The minimum atomic E-state index is -4.46. The van der Waals surface area contributed by atoms with E-state index in [9.17, 15) is 18.0 Å². The highest BCUT2D eigenvalue weighted by molar-refractivity contribution is 5.80. The lowest BCUT2D eigenvalue weighted by molar-refractivity contribution is -0.151. The van der Waals surface area contributed by atoms with E-state index < -0.39 is 18.4 Å². The predicted octanol–water partition coefficient (Wildman–Crippen LogP) is 2.00. The van der Waals surface area contributed by atoms with E-state index in [0.29, 0.717) is 6.54 Å². The number of hydrogen-bond acceptors (Lipinski definition) is 3. The molecule has 1 aromatic heterocycles. The molecule has 0 fully saturated rings. The molecule has 0 amide bonds. The highest BCUT2D eigenvalue weighted by atomic mass is 19.4. The van der Waals surface area contributed by atoms with Gasteiger partial charge in [0.15, 0.2) is 0 Å². The Labute approximate surface area is 96.8 Å². The zero-order valence-electron chi connectivity index (χ0n) is 9.66. The molecule has 0 saturated heterocycles. The molecule has 1 rings (SSSR count). The second-order valence-corrected chi connectivity index (χ2v) is 4.26. The second-order valence-electron chi connectivity index (χ2n) is 4.26. The Morgan fingerprint density at radius 3 is 2.65 bits per heavy atom. The molecule has 0 N–H and O–H groups in total. The Morgan fingerprint density at radius 1 is 1.47 bits per heavy atom. The van der Waals surface area contributed by atoms with Gasteiger partial charge in [0, 0.05) is 6.54 Å².